The zero-order chi connectivity index (χ0) is 8.91. The Morgan fingerprint density at radius 2 is 2.00 bits per heavy atom. The summed E-state index contributed by atoms with van der Waals surface area (Å²) in [5.41, 5.74) is -0.968. The third-order valence-electron chi connectivity index (χ3n) is 1.34. The second-order valence-corrected chi connectivity index (χ2v) is 4.45. The topological polar surface area (TPSA) is 60.4 Å². The Balaban J connectivity index is 4.36. The van der Waals surface area contributed by atoms with E-state index in [-0.39, 0.29) is 12.2 Å². The van der Waals surface area contributed by atoms with Crippen LogP contribution < -0.4 is 0 Å². The van der Waals surface area contributed by atoms with E-state index in [4.69, 9.17) is 0 Å². The summed E-state index contributed by atoms with van der Waals surface area (Å²) in [6.07, 6.45) is 0.301. The molecular weight excluding hydrogens is 168 g/mol. The van der Waals surface area contributed by atoms with E-state index in [1.807, 2.05) is 0 Å². The van der Waals surface area contributed by atoms with Crippen LogP contribution in [-0.2, 0) is 19.4 Å². The van der Waals surface area contributed by atoms with Crippen molar-refractivity contribution < 1.29 is 17.9 Å². The van der Waals surface area contributed by atoms with Gasteiger partial charge in [-0.05, 0) is 6.42 Å². The minimum absolute atomic E-state index is 0.000648. The van der Waals surface area contributed by atoms with Crippen molar-refractivity contribution in [2.45, 2.75) is 25.7 Å². The zero-order valence-corrected chi connectivity index (χ0v) is 7.43. The lowest BCUT2D eigenvalue weighted by molar-refractivity contribution is -0.130. The van der Waals surface area contributed by atoms with Crippen LogP contribution >= 0.6 is 0 Å². The molecule has 0 N–H and O–H groups in total. The van der Waals surface area contributed by atoms with Gasteiger partial charge in [-0.1, -0.05) is 13.8 Å². The maximum Gasteiger partial charge on any atom is 0.294 e. The number of carbonyl (C=O) groups is 1. The summed E-state index contributed by atoms with van der Waals surface area (Å²) in [4.78, 5) is 9.85. The van der Waals surface area contributed by atoms with Crippen molar-refractivity contribution in [3.8, 4) is 0 Å². The Bertz CT molecular complexity index is 207. The Hall–Kier alpha value is -0.580. The van der Waals surface area contributed by atoms with E-state index in [1.54, 1.807) is 6.92 Å². The molecule has 0 aromatic rings. The molecule has 0 rings (SSSR count). The highest BCUT2D eigenvalue weighted by Crippen LogP contribution is 2.06. The average Bonchev–Trinajstić information content (AvgIpc) is 2.00. The molecule has 1 unspecified atom stereocenters. The molecule has 66 valence electrons. The smallest absolute Gasteiger partial charge is 0.294 e. The van der Waals surface area contributed by atoms with Crippen molar-refractivity contribution in [1.29, 1.82) is 0 Å². The van der Waals surface area contributed by atoms with Crippen LogP contribution in [0.25, 0.3) is 0 Å². The minimum Gasteiger partial charge on any atom is -0.448 e. The van der Waals surface area contributed by atoms with Crippen LogP contribution in [0.2, 0.25) is 0 Å². The molecule has 0 aromatic heterocycles. The molecule has 0 amide bonds. The number of sulfone groups is 1. The largest absolute Gasteiger partial charge is 0.448 e. The first kappa shape index (κ1) is 10.4. The lowest BCUT2D eigenvalue weighted by atomic mass is 10.5. The number of hydrogen-bond donors (Lipinski definition) is 0. The second-order valence-electron chi connectivity index (χ2n) is 2.02. The van der Waals surface area contributed by atoms with Gasteiger partial charge in [0.25, 0.3) is 6.47 Å². The van der Waals surface area contributed by atoms with Crippen LogP contribution in [0.1, 0.15) is 20.3 Å². The fourth-order valence-electron chi connectivity index (χ4n) is 0.683. The van der Waals surface area contributed by atoms with Gasteiger partial charge in [0.1, 0.15) is 0 Å². The number of hydrogen-bond acceptors (Lipinski definition) is 4. The number of rotatable bonds is 5. The van der Waals surface area contributed by atoms with E-state index >= 15 is 0 Å². The first-order valence-electron chi connectivity index (χ1n) is 3.39. The van der Waals surface area contributed by atoms with Crippen molar-refractivity contribution in [1.82, 2.24) is 0 Å². The van der Waals surface area contributed by atoms with Gasteiger partial charge in [0.15, 0.2) is 9.84 Å². The quantitative estimate of drug-likeness (QED) is 0.572. The van der Waals surface area contributed by atoms with E-state index in [2.05, 4.69) is 4.74 Å². The highest BCUT2D eigenvalue weighted by Gasteiger charge is 2.22. The first-order valence-corrected chi connectivity index (χ1v) is 5.10. The van der Waals surface area contributed by atoms with E-state index in [0.717, 1.165) is 0 Å². The molecule has 0 radical (unpaired) electrons. The maximum atomic E-state index is 11.0. The lowest BCUT2D eigenvalue weighted by Gasteiger charge is -2.11. The molecule has 0 fully saturated rings. The van der Waals surface area contributed by atoms with E-state index in [1.165, 1.54) is 6.92 Å². The molecule has 1 atom stereocenters. The fraction of sp³-hybridized carbons (Fsp3) is 0.833. The molecule has 0 bridgehead atoms. The van der Waals surface area contributed by atoms with Gasteiger partial charge in [0.2, 0.25) is 5.44 Å². The monoisotopic (exact) mass is 180 g/mol. The zero-order valence-electron chi connectivity index (χ0n) is 6.61. The predicted molar refractivity (Wildman–Crippen MR) is 40.7 cm³/mol. The molecule has 0 saturated heterocycles. The van der Waals surface area contributed by atoms with E-state index < -0.39 is 15.3 Å². The van der Waals surface area contributed by atoms with Crippen molar-refractivity contribution in [3.63, 3.8) is 0 Å². The molecule has 11 heavy (non-hydrogen) atoms. The Morgan fingerprint density at radius 3 is 2.27 bits per heavy atom. The molecule has 4 nitrogen and oxygen atoms in total. The molecule has 5 heteroatoms. The summed E-state index contributed by atoms with van der Waals surface area (Å²) in [6.45, 7) is 3.34. The van der Waals surface area contributed by atoms with Crippen LogP contribution in [0.3, 0.4) is 0 Å². The van der Waals surface area contributed by atoms with Gasteiger partial charge in [-0.3, -0.25) is 4.79 Å². The molecule has 0 spiro atoms. The second kappa shape index (κ2) is 4.33. The van der Waals surface area contributed by atoms with Crippen LogP contribution in [0.5, 0.6) is 0 Å². The maximum absolute atomic E-state index is 11.0. The van der Waals surface area contributed by atoms with Gasteiger partial charge in [0, 0.05) is 0 Å². The van der Waals surface area contributed by atoms with Crippen LogP contribution in [0, 0.1) is 0 Å². The fourth-order valence-corrected chi connectivity index (χ4v) is 1.78. The summed E-state index contributed by atoms with van der Waals surface area (Å²) in [7, 11) is -3.23. The summed E-state index contributed by atoms with van der Waals surface area (Å²) in [6, 6.07) is 0. The van der Waals surface area contributed by atoms with Crippen molar-refractivity contribution in [2.75, 3.05) is 5.75 Å². The standard InChI is InChI=1S/C6H12O4S/c1-3-6(10-5-7)11(8,9)4-2/h5-6H,3-4H2,1-2H3. The van der Waals surface area contributed by atoms with Gasteiger partial charge in [-0.15, -0.1) is 0 Å². The summed E-state index contributed by atoms with van der Waals surface area (Å²) < 4.78 is 26.5. The number of ether oxygens (including phenoxy) is 1. The molecule has 0 aromatic carbocycles. The van der Waals surface area contributed by atoms with E-state index in [0.29, 0.717) is 6.42 Å². The summed E-state index contributed by atoms with van der Waals surface area (Å²) >= 11 is 0. The molecule has 0 aliphatic heterocycles. The van der Waals surface area contributed by atoms with E-state index in [9.17, 15) is 13.2 Å². The average molecular weight is 180 g/mol. The van der Waals surface area contributed by atoms with Crippen LogP contribution in [0.4, 0.5) is 0 Å². The van der Waals surface area contributed by atoms with Gasteiger partial charge >= 0.3 is 0 Å². The third-order valence-corrected chi connectivity index (χ3v) is 3.39. The molecule has 0 saturated carbocycles. The van der Waals surface area contributed by atoms with Crippen LogP contribution in [-0.4, -0.2) is 26.1 Å². The van der Waals surface area contributed by atoms with Crippen LogP contribution in [0.15, 0.2) is 0 Å². The van der Waals surface area contributed by atoms with Gasteiger partial charge in [-0.2, -0.15) is 0 Å². The summed E-state index contributed by atoms with van der Waals surface area (Å²) in [5, 5.41) is 0. The Labute approximate surface area is 66.5 Å². The molecular formula is C6H12O4S. The molecule has 0 aliphatic rings. The normalized spacial score (nSPS) is 14.0. The van der Waals surface area contributed by atoms with Crippen molar-refractivity contribution >= 4 is 16.3 Å². The molecule has 0 heterocycles. The first-order chi connectivity index (χ1) is 5.08. The highest BCUT2D eigenvalue weighted by atomic mass is 32.2. The Morgan fingerprint density at radius 1 is 1.45 bits per heavy atom. The van der Waals surface area contributed by atoms with Gasteiger partial charge in [-0.25, -0.2) is 8.42 Å². The molecule has 0 aliphatic carbocycles. The third kappa shape index (κ3) is 2.88. The Kier molecular flexibility index (Phi) is 4.10. The SMILES string of the molecule is CCC(OC=O)S(=O)(=O)CC. The minimum atomic E-state index is -3.23. The van der Waals surface area contributed by atoms with Gasteiger partial charge in [0.05, 0.1) is 5.75 Å². The lowest BCUT2D eigenvalue weighted by Crippen LogP contribution is -2.24. The van der Waals surface area contributed by atoms with Crippen molar-refractivity contribution in [3.05, 3.63) is 0 Å². The predicted octanol–water partition coefficient (Wildman–Crippen LogP) is 0.330. The highest BCUT2D eigenvalue weighted by molar-refractivity contribution is 7.91. The number of carbonyl (C=O) groups excluding carboxylic acids is 1. The summed E-state index contributed by atoms with van der Waals surface area (Å²) in [5.74, 6) is -0.000648. The van der Waals surface area contributed by atoms with Gasteiger partial charge < -0.3 is 4.74 Å². The van der Waals surface area contributed by atoms with Crippen molar-refractivity contribution in [2.24, 2.45) is 0 Å².